The van der Waals surface area contributed by atoms with Gasteiger partial charge in [0.1, 0.15) is 0 Å². The van der Waals surface area contributed by atoms with E-state index in [0.717, 1.165) is 5.39 Å². The molecule has 0 atom stereocenters. The van der Waals surface area contributed by atoms with Gasteiger partial charge in [-0.2, -0.15) is 0 Å². The predicted octanol–water partition coefficient (Wildman–Crippen LogP) is 2.03. The molecule has 0 aliphatic heterocycles. The average molecular weight is 217 g/mol. The molecule has 0 amide bonds. The molecule has 0 bridgehead atoms. The van der Waals surface area contributed by atoms with Gasteiger partial charge in [-0.1, -0.05) is 18.3 Å². The van der Waals surface area contributed by atoms with Gasteiger partial charge in [0.2, 0.25) is 0 Å². The molecule has 0 unspecified atom stereocenters. The Morgan fingerprint density at radius 1 is 1.09 bits per heavy atom. The van der Waals surface area contributed by atoms with E-state index in [1.165, 1.54) is 5.39 Å². The summed E-state index contributed by atoms with van der Waals surface area (Å²) in [6.07, 6.45) is 4.65. The number of rotatable bonds is 0. The summed E-state index contributed by atoms with van der Waals surface area (Å²) in [5, 5.41) is 2.27. The molecule has 1 aromatic carbocycles. The number of benzene rings is 1. The van der Waals surface area contributed by atoms with Gasteiger partial charge in [-0.05, 0) is 6.20 Å². The Hall–Kier alpha value is -0.266. The number of hydrogen-bond acceptors (Lipinski definition) is 1. The molecule has 1 aromatic heterocycles. The van der Waals surface area contributed by atoms with Crippen LogP contribution >= 0.6 is 0 Å². The van der Waals surface area contributed by atoms with Crippen molar-refractivity contribution in [3.05, 3.63) is 42.7 Å². The van der Waals surface area contributed by atoms with Crippen molar-refractivity contribution < 1.29 is 32.7 Å². The minimum atomic E-state index is 0. The van der Waals surface area contributed by atoms with Crippen LogP contribution < -0.4 is 0 Å². The molecule has 0 aliphatic rings. The molecule has 2 aromatic rings. The first-order valence-electron chi connectivity index (χ1n) is 3.18. The van der Waals surface area contributed by atoms with E-state index < -0.39 is 0 Å². The van der Waals surface area contributed by atoms with E-state index in [0.29, 0.717) is 0 Å². The van der Waals surface area contributed by atoms with Crippen LogP contribution in [0.3, 0.4) is 0 Å². The summed E-state index contributed by atoms with van der Waals surface area (Å²) in [4.78, 5) is 3.89. The van der Waals surface area contributed by atoms with Crippen LogP contribution in [0.4, 0.5) is 0 Å². The SMILES string of the molecule is [Y].[c-]1nccc2ccccc12. The second-order valence-electron chi connectivity index (χ2n) is 2.14. The van der Waals surface area contributed by atoms with Crippen LogP contribution in [-0.2, 0) is 32.7 Å². The summed E-state index contributed by atoms with van der Waals surface area (Å²) in [6.45, 7) is 0. The zero-order valence-electron chi connectivity index (χ0n) is 5.99. The van der Waals surface area contributed by atoms with E-state index in [1.54, 1.807) is 6.20 Å². The van der Waals surface area contributed by atoms with E-state index in [4.69, 9.17) is 0 Å². The van der Waals surface area contributed by atoms with Gasteiger partial charge < -0.3 is 4.98 Å². The Kier molecular flexibility index (Phi) is 3.16. The Morgan fingerprint density at radius 3 is 2.73 bits per heavy atom. The molecule has 0 N–H and O–H groups in total. The molecular weight excluding hydrogens is 211 g/mol. The fourth-order valence-electron chi connectivity index (χ4n) is 0.969. The Balaban J connectivity index is 0.000000605. The van der Waals surface area contributed by atoms with Crippen LogP contribution in [0, 0.1) is 6.20 Å². The molecule has 1 heterocycles. The van der Waals surface area contributed by atoms with Crippen molar-refractivity contribution >= 4 is 10.8 Å². The molecule has 0 spiro atoms. The molecule has 0 saturated heterocycles. The molecule has 2 heteroatoms. The number of pyridine rings is 1. The van der Waals surface area contributed by atoms with Crippen LogP contribution in [0.15, 0.2) is 36.5 Å². The zero-order valence-corrected chi connectivity index (χ0v) is 8.83. The Labute approximate surface area is 90.7 Å². The van der Waals surface area contributed by atoms with Gasteiger partial charge in [0.05, 0.1) is 0 Å². The van der Waals surface area contributed by atoms with Crippen LogP contribution in [0.25, 0.3) is 10.8 Å². The normalized spacial score (nSPS) is 9.09. The summed E-state index contributed by atoms with van der Waals surface area (Å²) < 4.78 is 0. The molecule has 1 nitrogen and oxygen atoms in total. The number of fused-ring (bicyclic) bond motifs is 1. The van der Waals surface area contributed by atoms with Crippen molar-refractivity contribution in [1.82, 2.24) is 4.98 Å². The van der Waals surface area contributed by atoms with E-state index in [-0.39, 0.29) is 32.7 Å². The van der Waals surface area contributed by atoms with Crippen LogP contribution in [-0.4, -0.2) is 4.98 Å². The molecule has 0 aliphatic carbocycles. The predicted molar refractivity (Wildman–Crippen MR) is 40.6 cm³/mol. The Bertz CT molecular complexity index is 281. The minimum Gasteiger partial charge on any atom is -0.360 e. The molecule has 11 heavy (non-hydrogen) atoms. The van der Waals surface area contributed by atoms with Gasteiger partial charge in [-0.25, -0.2) is 0 Å². The molecule has 0 saturated carbocycles. The second kappa shape index (κ2) is 3.94. The van der Waals surface area contributed by atoms with Crippen molar-refractivity contribution in [3.8, 4) is 0 Å². The van der Waals surface area contributed by atoms with Crippen molar-refractivity contribution in [3.63, 3.8) is 0 Å². The van der Waals surface area contributed by atoms with E-state index in [1.807, 2.05) is 30.3 Å². The quantitative estimate of drug-likeness (QED) is 0.615. The van der Waals surface area contributed by atoms with E-state index in [2.05, 4.69) is 11.2 Å². The van der Waals surface area contributed by atoms with Gasteiger partial charge in [0.25, 0.3) is 0 Å². The Morgan fingerprint density at radius 2 is 1.91 bits per heavy atom. The van der Waals surface area contributed by atoms with Gasteiger partial charge in [-0.15, -0.1) is 29.0 Å². The van der Waals surface area contributed by atoms with Crippen molar-refractivity contribution in [2.45, 2.75) is 0 Å². The average Bonchev–Trinajstić information content (AvgIpc) is 2.05. The zero-order chi connectivity index (χ0) is 6.81. The summed E-state index contributed by atoms with van der Waals surface area (Å²) in [7, 11) is 0. The topological polar surface area (TPSA) is 12.9 Å². The summed E-state index contributed by atoms with van der Waals surface area (Å²) in [5.74, 6) is 0. The monoisotopic (exact) mass is 217 g/mol. The first-order chi connectivity index (χ1) is 4.97. The maximum Gasteiger partial charge on any atom is 0 e. The van der Waals surface area contributed by atoms with Gasteiger partial charge >= 0.3 is 0 Å². The molecule has 0 fully saturated rings. The summed E-state index contributed by atoms with van der Waals surface area (Å²) >= 11 is 0. The number of nitrogens with zero attached hydrogens (tertiary/aromatic N) is 1. The van der Waals surface area contributed by atoms with Gasteiger partial charge in [-0.3, -0.25) is 0 Å². The second-order valence-corrected chi connectivity index (χ2v) is 2.14. The molecule has 2 rings (SSSR count). The largest absolute Gasteiger partial charge is 0.360 e. The summed E-state index contributed by atoms with van der Waals surface area (Å²) in [6, 6.07) is 10.0. The maximum absolute atomic E-state index is 3.89. The standard InChI is InChI=1S/C9H6N.Y/c1-2-4-9-7-10-6-5-8(9)3-1;/h1-6H;/q-1;. The van der Waals surface area contributed by atoms with Crippen molar-refractivity contribution in [2.24, 2.45) is 0 Å². The van der Waals surface area contributed by atoms with E-state index in [9.17, 15) is 0 Å². The van der Waals surface area contributed by atoms with E-state index >= 15 is 0 Å². The van der Waals surface area contributed by atoms with Crippen LogP contribution in [0.2, 0.25) is 0 Å². The number of aromatic nitrogens is 1. The third-order valence-corrected chi connectivity index (χ3v) is 1.47. The van der Waals surface area contributed by atoms with Crippen LogP contribution in [0.1, 0.15) is 0 Å². The van der Waals surface area contributed by atoms with Crippen LogP contribution in [0.5, 0.6) is 0 Å². The van der Waals surface area contributed by atoms with Crippen molar-refractivity contribution in [1.29, 1.82) is 0 Å². The molecule has 51 valence electrons. The number of hydrogen-bond donors (Lipinski definition) is 0. The van der Waals surface area contributed by atoms with Gasteiger partial charge in [0, 0.05) is 32.7 Å². The fraction of sp³-hybridized carbons (Fsp3) is 0. The minimum absolute atomic E-state index is 0. The third kappa shape index (κ3) is 1.85. The smallest absolute Gasteiger partial charge is 0 e. The fourth-order valence-corrected chi connectivity index (χ4v) is 0.969. The third-order valence-electron chi connectivity index (χ3n) is 1.47. The summed E-state index contributed by atoms with van der Waals surface area (Å²) in [5.41, 5.74) is 0. The first kappa shape index (κ1) is 8.83. The van der Waals surface area contributed by atoms with Gasteiger partial charge in [0.15, 0.2) is 0 Å². The molecule has 1 radical (unpaired) electrons. The van der Waals surface area contributed by atoms with Crippen molar-refractivity contribution in [2.75, 3.05) is 0 Å². The molecular formula is C9H6NY-. The first-order valence-corrected chi connectivity index (χ1v) is 3.18. The maximum atomic E-state index is 3.89.